The zero-order valence-corrected chi connectivity index (χ0v) is 14.1. The van der Waals surface area contributed by atoms with Crippen LogP contribution in [0.2, 0.25) is 0 Å². The SMILES string of the molecule is O=S(=O)(OCCc1cccc(C(F)(F)F)c1)c1ccc(Br)cc1. The Hall–Kier alpha value is -1.38. The molecular weight excluding hydrogens is 397 g/mol. The predicted octanol–water partition coefficient (Wildman–Crippen LogP) is 4.42. The highest BCUT2D eigenvalue weighted by molar-refractivity contribution is 9.10. The van der Waals surface area contributed by atoms with Crippen LogP contribution in [0.5, 0.6) is 0 Å². The molecule has 0 amide bonds. The van der Waals surface area contributed by atoms with Crippen LogP contribution in [-0.2, 0) is 26.9 Å². The van der Waals surface area contributed by atoms with Crippen LogP contribution in [0.4, 0.5) is 13.2 Å². The number of halogens is 4. The van der Waals surface area contributed by atoms with Crippen molar-refractivity contribution in [1.29, 1.82) is 0 Å². The summed E-state index contributed by atoms with van der Waals surface area (Å²) in [4.78, 5) is -0.00950. The molecule has 0 N–H and O–H groups in total. The fourth-order valence-corrected chi connectivity index (χ4v) is 3.01. The van der Waals surface area contributed by atoms with Crippen molar-refractivity contribution in [3.63, 3.8) is 0 Å². The summed E-state index contributed by atoms with van der Waals surface area (Å²) in [5.41, 5.74) is -0.420. The molecule has 0 saturated carbocycles. The topological polar surface area (TPSA) is 43.4 Å². The first-order valence-electron chi connectivity index (χ1n) is 6.50. The molecule has 0 spiro atoms. The van der Waals surface area contributed by atoms with Gasteiger partial charge in [-0.25, -0.2) is 0 Å². The lowest BCUT2D eigenvalue weighted by Crippen LogP contribution is -2.10. The van der Waals surface area contributed by atoms with Gasteiger partial charge in [0.2, 0.25) is 0 Å². The zero-order chi connectivity index (χ0) is 17.1. The molecule has 23 heavy (non-hydrogen) atoms. The van der Waals surface area contributed by atoms with E-state index in [1.54, 1.807) is 12.1 Å². The van der Waals surface area contributed by atoms with E-state index in [1.807, 2.05) is 0 Å². The molecule has 0 fully saturated rings. The molecule has 0 aliphatic heterocycles. The van der Waals surface area contributed by atoms with E-state index < -0.39 is 21.9 Å². The predicted molar refractivity (Wildman–Crippen MR) is 82.4 cm³/mol. The lowest BCUT2D eigenvalue weighted by molar-refractivity contribution is -0.137. The molecule has 0 saturated heterocycles. The average molecular weight is 409 g/mol. The van der Waals surface area contributed by atoms with Crippen molar-refractivity contribution in [2.24, 2.45) is 0 Å². The van der Waals surface area contributed by atoms with Crippen molar-refractivity contribution in [1.82, 2.24) is 0 Å². The summed E-state index contributed by atoms with van der Waals surface area (Å²) in [6.07, 6.45) is -4.37. The van der Waals surface area contributed by atoms with Gasteiger partial charge in [-0.1, -0.05) is 34.1 Å². The van der Waals surface area contributed by atoms with E-state index in [0.29, 0.717) is 5.56 Å². The molecule has 0 aliphatic rings. The molecule has 0 heterocycles. The van der Waals surface area contributed by atoms with Gasteiger partial charge in [-0.2, -0.15) is 21.6 Å². The highest BCUT2D eigenvalue weighted by Gasteiger charge is 2.30. The highest BCUT2D eigenvalue weighted by atomic mass is 79.9. The summed E-state index contributed by atoms with van der Waals surface area (Å²) in [6, 6.07) is 10.6. The van der Waals surface area contributed by atoms with Gasteiger partial charge >= 0.3 is 6.18 Å². The van der Waals surface area contributed by atoms with E-state index in [-0.39, 0.29) is 17.9 Å². The van der Waals surface area contributed by atoms with Crippen LogP contribution >= 0.6 is 15.9 Å². The third-order valence-electron chi connectivity index (χ3n) is 2.99. The maximum absolute atomic E-state index is 12.6. The van der Waals surface area contributed by atoms with Gasteiger partial charge in [-0.3, -0.25) is 4.18 Å². The second-order valence-electron chi connectivity index (χ2n) is 4.68. The largest absolute Gasteiger partial charge is 0.416 e. The number of benzene rings is 2. The quantitative estimate of drug-likeness (QED) is 0.687. The first-order chi connectivity index (χ1) is 10.7. The van der Waals surface area contributed by atoms with E-state index in [4.69, 9.17) is 4.18 Å². The van der Waals surface area contributed by atoms with E-state index in [1.165, 1.54) is 24.3 Å². The summed E-state index contributed by atoms with van der Waals surface area (Å²) in [6.45, 7) is -0.236. The van der Waals surface area contributed by atoms with Gasteiger partial charge in [0.15, 0.2) is 0 Å². The van der Waals surface area contributed by atoms with Crippen LogP contribution in [-0.4, -0.2) is 15.0 Å². The van der Waals surface area contributed by atoms with Crippen molar-refractivity contribution in [2.45, 2.75) is 17.5 Å². The highest BCUT2D eigenvalue weighted by Crippen LogP contribution is 2.29. The fraction of sp³-hybridized carbons (Fsp3) is 0.200. The minimum Gasteiger partial charge on any atom is -0.266 e. The Morgan fingerprint density at radius 2 is 1.70 bits per heavy atom. The zero-order valence-electron chi connectivity index (χ0n) is 11.7. The molecule has 0 atom stereocenters. The summed E-state index contributed by atoms with van der Waals surface area (Å²) in [7, 11) is -3.93. The minimum absolute atomic E-state index is 0.00950. The summed E-state index contributed by atoms with van der Waals surface area (Å²) in [5.74, 6) is 0. The molecule has 0 radical (unpaired) electrons. The Labute approximate surface area is 140 Å². The standard InChI is InChI=1S/C15H12BrF3O3S/c16-13-4-6-14(7-5-13)23(20,21)22-9-8-11-2-1-3-12(10-11)15(17,18)19/h1-7,10H,8-9H2. The van der Waals surface area contributed by atoms with Crippen molar-refractivity contribution in [2.75, 3.05) is 6.61 Å². The van der Waals surface area contributed by atoms with Gasteiger partial charge in [0, 0.05) is 4.47 Å². The van der Waals surface area contributed by atoms with Crippen LogP contribution in [0, 0.1) is 0 Å². The molecule has 3 nitrogen and oxygen atoms in total. The summed E-state index contributed by atoms with van der Waals surface area (Å²) < 4.78 is 67.3. The van der Waals surface area contributed by atoms with Crippen LogP contribution < -0.4 is 0 Å². The molecule has 2 aromatic rings. The van der Waals surface area contributed by atoms with Crippen LogP contribution in [0.25, 0.3) is 0 Å². The van der Waals surface area contributed by atoms with Gasteiger partial charge < -0.3 is 0 Å². The molecule has 0 aliphatic carbocycles. The van der Waals surface area contributed by atoms with E-state index in [2.05, 4.69) is 15.9 Å². The monoisotopic (exact) mass is 408 g/mol. The molecular formula is C15H12BrF3O3S. The smallest absolute Gasteiger partial charge is 0.266 e. The van der Waals surface area contributed by atoms with Gasteiger partial charge in [0.1, 0.15) is 0 Å². The van der Waals surface area contributed by atoms with Crippen molar-refractivity contribution < 1.29 is 25.8 Å². The molecule has 124 valence electrons. The second kappa shape index (κ2) is 7.02. The first kappa shape index (κ1) is 18.0. The lowest BCUT2D eigenvalue weighted by Gasteiger charge is -2.09. The maximum Gasteiger partial charge on any atom is 0.416 e. The lowest BCUT2D eigenvalue weighted by atomic mass is 10.1. The third kappa shape index (κ3) is 5.05. The first-order valence-corrected chi connectivity index (χ1v) is 8.70. The Bertz CT molecular complexity index is 771. The van der Waals surface area contributed by atoms with Crippen LogP contribution in [0.1, 0.15) is 11.1 Å². The third-order valence-corrected chi connectivity index (χ3v) is 4.84. The Balaban J connectivity index is 2.01. The summed E-state index contributed by atoms with van der Waals surface area (Å²) in [5, 5.41) is 0. The molecule has 0 bridgehead atoms. The average Bonchev–Trinajstić information content (AvgIpc) is 2.47. The van der Waals surface area contributed by atoms with Gasteiger partial charge in [0.05, 0.1) is 17.1 Å². The maximum atomic E-state index is 12.6. The van der Waals surface area contributed by atoms with E-state index in [9.17, 15) is 21.6 Å². The molecule has 8 heteroatoms. The normalized spacial score (nSPS) is 12.3. The van der Waals surface area contributed by atoms with Crippen LogP contribution in [0.3, 0.4) is 0 Å². The minimum atomic E-state index is -4.43. The number of hydrogen-bond donors (Lipinski definition) is 0. The Kier molecular flexibility index (Phi) is 5.49. The van der Waals surface area contributed by atoms with Crippen molar-refractivity contribution in [3.05, 3.63) is 64.1 Å². The number of hydrogen-bond acceptors (Lipinski definition) is 3. The molecule has 2 aromatic carbocycles. The van der Waals surface area contributed by atoms with Crippen molar-refractivity contribution in [3.8, 4) is 0 Å². The summed E-state index contributed by atoms with van der Waals surface area (Å²) >= 11 is 3.19. The Morgan fingerprint density at radius 3 is 2.30 bits per heavy atom. The van der Waals surface area contributed by atoms with Gasteiger partial charge in [-0.05, 0) is 42.3 Å². The molecule has 0 aromatic heterocycles. The second-order valence-corrected chi connectivity index (χ2v) is 7.21. The Morgan fingerprint density at radius 1 is 1.04 bits per heavy atom. The number of rotatable bonds is 5. The van der Waals surface area contributed by atoms with Gasteiger partial charge in [0.25, 0.3) is 10.1 Å². The molecule has 2 rings (SSSR count). The number of alkyl halides is 3. The molecule has 0 unspecified atom stereocenters. The van der Waals surface area contributed by atoms with E-state index >= 15 is 0 Å². The fourth-order valence-electron chi connectivity index (χ4n) is 1.84. The van der Waals surface area contributed by atoms with Crippen LogP contribution in [0.15, 0.2) is 57.9 Å². The van der Waals surface area contributed by atoms with E-state index in [0.717, 1.165) is 16.6 Å². The van der Waals surface area contributed by atoms with Crippen molar-refractivity contribution >= 4 is 26.0 Å². The van der Waals surface area contributed by atoms with Gasteiger partial charge in [-0.15, -0.1) is 0 Å².